The fraction of sp³-hybridized carbons (Fsp3) is 0.344. The first-order valence-electron chi connectivity index (χ1n) is 13.3. The molecule has 6 nitrogen and oxygen atoms in total. The molecule has 2 heterocycles. The van der Waals surface area contributed by atoms with Crippen LogP contribution >= 0.6 is 0 Å². The molecule has 0 aliphatic carbocycles. The van der Waals surface area contributed by atoms with Gasteiger partial charge in [-0.3, -0.25) is 19.7 Å². The second-order valence-corrected chi connectivity index (χ2v) is 10.6. The van der Waals surface area contributed by atoms with E-state index in [1.807, 2.05) is 94.4 Å². The molecule has 4 atom stereocenters. The quantitative estimate of drug-likeness (QED) is 0.440. The Kier molecular flexibility index (Phi) is 6.70. The number of aliphatic carboxylic acids is 1. The van der Waals surface area contributed by atoms with Gasteiger partial charge in [0.25, 0.3) is 0 Å². The largest absolute Gasteiger partial charge is 0.480 e. The van der Waals surface area contributed by atoms with Crippen molar-refractivity contribution in [2.24, 2.45) is 11.8 Å². The highest BCUT2D eigenvalue weighted by atomic mass is 16.4. The molecule has 2 aliphatic rings. The van der Waals surface area contributed by atoms with Gasteiger partial charge in [0.05, 0.1) is 17.5 Å². The van der Waals surface area contributed by atoms with Gasteiger partial charge in [-0.05, 0) is 54.5 Å². The fourth-order valence-electron chi connectivity index (χ4n) is 6.44. The van der Waals surface area contributed by atoms with Crippen molar-refractivity contribution in [2.45, 2.75) is 58.5 Å². The molecule has 0 aromatic heterocycles. The van der Waals surface area contributed by atoms with Gasteiger partial charge in [0, 0.05) is 12.5 Å². The number of para-hydroxylation sites is 1. The molecule has 6 heteroatoms. The lowest BCUT2D eigenvalue weighted by molar-refractivity contribution is -0.148. The highest BCUT2D eigenvalue weighted by Gasteiger charge is 2.69. The van der Waals surface area contributed by atoms with E-state index in [2.05, 4.69) is 5.32 Å². The molecule has 2 aliphatic heterocycles. The molecule has 0 spiro atoms. The topological polar surface area (TPSA) is 86.7 Å². The van der Waals surface area contributed by atoms with Crippen molar-refractivity contribution in [1.29, 1.82) is 0 Å². The maximum Gasteiger partial charge on any atom is 0.325 e. The molecule has 0 radical (unpaired) electrons. The minimum Gasteiger partial charge on any atom is -0.480 e. The van der Waals surface area contributed by atoms with Crippen LogP contribution in [0.5, 0.6) is 0 Å². The van der Waals surface area contributed by atoms with Crippen molar-refractivity contribution in [2.75, 3.05) is 4.90 Å². The molecule has 3 aromatic rings. The van der Waals surface area contributed by atoms with Crippen LogP contribution < -0.4 is 10.2 Å². The Labute approximate surface area is 223 Å². The van der Waals surface area contributed by atoms with E-state index in [0.29, 0.717) is 18.5 Å². The number of amides is 2. The third-order valence-electron chi connectivity index (χ3n) is 8.32. The Morgan fingerprint density at radius 1 is 0.921 bits per heavy atom. The van der Waals surface area contributed by atoms with Crippen LogP contribution in [0.2, 0.25) is 0 Å². The molecule has 0 saturated carbocycles. The Hall–Kier alpha value is -3.77. The summed E-state index contributed by atoms with van der Waals surface area (Å²) in [7, 11) is 0. The second kappa shape index (κ2) is 9.84. The molecule has 196 valence electrons. The van der Waals surface area contributed by atoms with Crippen molar-refractivity contribution in [1.82, 2.24) is 5.32 Å². The van der Waals surface area contributed by atoms with Crippen LogP contribution in [0.1, 0.15) is 53.3 Å². The first kappa shape index (κ1) is 25.9. The molecule has 5 rings (SSSR count). The number of carboxylic acid groups (broad SMARTS) is 1. The predicted octanol–water partition coefficient (Wildman–Crippen LogP) is 4.94. The van der Waals surface area contributed by atoms with E-state index in [4.69, 9.17) is 0 Å². The van der Waals surface area contributed by atoms with Gasteiger partial charge in [0.2, 0.25) is 11.8 Å². The summed E-state index contributed by atoms with van der Waals surface area (Å²) >= 11 is 0. The normalized spacial score (nSPS) is 24.6. The van der Waals surface area contributed by atoms with Crippen LogP contribution in [0.3, 0.4) is 0 Å². The first-order chi connectivity index (χ1) is 18.2. The standard InChI is InChI=1S/C32H34N2O4/c1-5-22-13-10-14-23(6-2)28(22)34-29(35)25-26(30(34)36)32(31(37)38,18-21-11-8-7-9-12-21)33-27(25)24-17-19(3)15-16-20(24)4/h7-17,25-27,33H,5-6,18H2,1-4H3,(H,37,38). The number of hydrogen-bond donors (Lipinski definition) is 2. The van der Waals surface area contributed by atoms with Gasteiger partial charge in [-0.1, -0.05) is 86.1 Å². The Balaban J connectivity index is 1.73. The van der Waals surface area contributed by atoms with Gasteiger partial charge in [0.15, 0.2) is 0 Å². The Morgan fingerprint density at radius 2 is 1.58 bits per heavy atom. The van der Waals surface area contributed by atoms with Gasteiger partial charge in [0.1, 0.15) is 5.54 Å². The van der Waals surface area contributed by atoms with Gasteiger partial charge in [-0.25, -0.2) is 4.90 Å². The number of carbonyl (C=O) groups excluding carboxylic acids is 2. The molecule has 4 unspecified atom stereocenters. The van der Waals surface area contributed by atoms with Crippen LogP contribution in [0.15, 0.2) is 66.7 Å². The number of imide groups is 1. The molecule has 2 N–H and O–H groups in total. The molecular weight excluding hydrogens is 476 g/mol. The number of carbonyl (C=O) groups is 3. The van der Waals surface area contributed by atoms with E-state index in [1.165, 1.54) is 4.90 Å². The lowest BCUT2D eigenvalue weighted by atomic mass is 9.76. The van der Waals surface area contributed by atoms with E-state index < -0.39 is 35.3 Å². The molecule has 2 saturated heterocycles. The van der Waals surface area contributed by atoms with Gasteiger partial charge in [-0.2, -0.15) is 0 Å². The lowest BCUT2D eigenvalue weighted by Crippen LogP contribution is -2.57. The first-order valence-corrected chi connectivity index (χ1v) is 13.3. The number of benzene rings is 3. The minimum atomic E-state index is -1.64. The predicted molar refractivity (Wildman–Crippen MR) is 147 cm³/mol. The van der Waals surface area contributed by atoms with Crippen molar-refractivity contribution >= 4 is 23.5 Å². The third kappa shape index (κ3) is 3.95. The zero-order valence-corrected chi connectivity index (χ0v) is 22.3. The van der Waals surface area contributed by atoms with Crippen LogP contribution in [-0.2, 0) is 33.6 Å². The number of aryl methyl sites for hydroxylation is 4. The van der Waals surface area contributed by atoms with Crippen molar-refractivity contribution < 1.29 is 19.5 Å². The number of hydrogen-bond acceptors (Lipinski definition) is 4. The summed E-state index contributed by atoms with van der Waals surface area (Å²) in [5, 5.41) is 14.1. The van der Waals surface area contributed by atoms with E-state index in [-0.39, 0.29) is 12.3 Å². The SMILES string of the molecule is CCc1cccc(CC)c1N1C(=O)C2C(c3cc(C)ccc3C)NC(Cc3ccccc3)(C(=O)O)C2C1=O. The van der Waals surface area contributed by atoms with Gasteiger partial charge >= 0.3 is 5.97 Å². The van der Waals surface area contributed by atoms with Gasteiger partial charge in [-0.15, -0.1) is 0 Å². The summed E-state index contributed by atoms with van der Waals surface area (Å²) in [5.74, 6) is -3.77. The van der Waals surface area contributed by atoms with E-state index in [1.54, 1.807) is 0 Å². The maximum absolute atomic E-state index is 14.4. The maximum atomic E-state index is 14.4. The number of anilines is 1. The third-order valence-corrected chi connectivity index (χ3v) is 8.32. The van der Waals surface area contributed by atoms with Gasteiger partial charge < -0.3 is 5.11 Å². The molecular formula is C32H34N2O4. The number of nitrogens with one attached hydrogen (secondary N) is 1. The van der Waals surface area contributed by atoms with Crippen molar-refractivity contribution in [3.63, 3.8) is 0 Å². The summed E-state index contributed by atoms with van der Waals surface area (Å²) in [5.41, 5.74) is 4.43. The van der Waals surface area contributed by atoms with Crippen LogP contribution in [-0.4, -0.2) is 28.4 Å². The molecule has 2 amide bonds. The van der Waals surface area contributed by atoms with E-state index in [0.717, 1.165) is 33.4 Å². The zero-order chi connectivity index (χ0) is 27.2. The van der Waals surface area contributed by atoms with E-state index >= 15 is 0 Å². The number of carboxylic acids is 1. The highest BCUT2D eigenvalue weighted by Crippen LogP contribution is 2.52. The zero-order valence-electron chi connectivity index (χ0n) is 22.3. The lowest BCUT2D eigenvalue weighted by Gasteiger charge is -2.32. The number of fused-ring (bicyclic) bond motifs is 1. The average molecular weight is 511 g/mol. The van der Waals surface area contributed by atoms with Crippen molar-refractivity contribution in [3.05, 3.63) is 100 Å². The van der Waals surface area contributed by atoms with Crippen molar-refractivity contribution in [3.8, 4) is 0 Å². The van der Waals surface area contributed by atoms with Crippen LogP contribution in [0.4, 0.5) is 5.69 Å². The summed E-state index contributed by atoms with van der Waals surface area (Å²) < 4.78 is 0. The number of rotatable bonds is 7. The summed E-state index contributed by atoms with van der Waals surface area (Å²) in [4.78, 5) is 43.2. The second-order valence-electron chi connectivity index (χ2n) is 10.6. The van der Waals surface area contributed by atoms with Crippen LogP contribution in [0, 0.1) is 25.7 Å². The smallest absolute Gasteiger partial charge is 0.325 e. The molecule has 3 aromatic carbocycles. The van der Waals surface area contributed by atoms with E-state index in [9.17, 15) is 19.5 Å². The van der Waals surface area contributed by atoms with Crippen LogP contribution in [0.25, 0.3) is 0 Å². The Bertz CT molecular complexity index is 1390. The molecule has 0 bridgehead atoms. The fourth-order valence-corrected chi connectivity index (χ4v) is 6.44. The Morgan fingerprint density at radius 3 is 2.18 bits per heavy atom. The monoisotopic (exact) mass is 510 g/mol. The minimum absolute atomic E-state index is 0.0919. The summed E-state index contributed by atoms with van der Waals surface area (Å²) in [6.07, 6.45) is 1.40. The number of nitrogens with zero attached hydrogens (tertiary/aromatic N) is 1. The molecule has 2 fully saturated rings. The summed E-state index contributed by atoms with van der Waals surface area (Å²) in [6.45, 7) is 7.94. The highest BCUT2D eigenvalue weighted by molar-refractivity contribution is 6.25. The average Bonchev–Trinajstić information content (AvgIpc) is 3.39. The molecule has 38 heavy (non-hydrogen) atoms. The summed E-state index contributed by atoms with van der Waals surface area (Å²) in [6, 6.07) is 20.5.